The summed E-state index contributed by atoms with van der Waals surface area (Å²) in [5.74, 6) is 0.274. The van der Waals surface area contributed by atoms with Crippen molar-refractivity contribution < 1.29 is 18.7 Å². The number of halogens is 1. The van der Waals surface area contributed by atoms with E-state index < -0.39 is 11.8 Å². The average Bonchev–Trinajstić information content (AvgIpc) is 2.83. The van der Waals surface area contributed by atoms with Crippen LogP contribution in [0.1, 0.15) is 40.3 Å². The Hall–Kier alpha value is -3.87. The summed E-state index contributed by atoms with van der Waals surface area (Å²) in [6.07, 6.45) is 4.42. The molecule has 2 aromatic carbocycles. The molecule has 0 bridgehead atoms. The normalized spacial score (nSPS) is 11.9. The largest absolute Gasteiger partial charge is 0.497 e. The Balaban J connectivity index is 1.80. The molecular formula is C26H24FN3O3. The molecule has 0 aliphatic carbocycles. The molecule has 7 heteroatoms. The van der Waals surface area contributed by atoms with E-state index in [1.807, 2.05) is 37.5 Å². The minimum absolute atomic E-state index is 0.118. The summed E-state index contributed by atoms with van der Waals surface area (Å²) in [6, 6.07) is 12.1. The Morgan fingerprint density at radius 3 is 2.45 bits per heavy atom. The van der Waals surface area contributed by atoms with Gasteiger partial charge in [0.05, 0.1) is 19.7 Å². The standard InChI is InChI=1S/C26H24FN3O3/c1-15(9-17-13-28-16(2)29-14-17)18-5-7-21-22(20-8-6-19(32-3)11-23(20)27)12-25(26(31)33-4)30-24(21)10-18/h5-8,10-15H,9H2,1-4H3. The first-order chi connectivity index (χ1) is 15.9. The van der Waals surface area contributed by atoms with Gasteiger partial charge in [-0.15, -0.1) is 0 Å². The van der Waals surface area contributed by atoms with Crippen LogP contribution in [0.4, 0.5) is 4.39 Å². The molecule has 1 atom stereocenters. The second kappa shape index (κ2) is 9.32. The molecule has 2 aromatic heterocycles. The highest BCUT2D eigenvalue weighted by Crippen LogP contribution is 2.34. The summed E-state index contributed by atoms with van der Waals surface area (Å²) < 4.78 is 24.9. The molecule has 0 saturated carbocycles. The summed E-state index contributed by atoms with van der Waals surface area (Å²) in [5.41, 5.74) is 3.70. The highest BCUT2D eigenvalue weighted by atomic mass is 19.1. The summed E-state index contributed by atoms with van der Waals surface area (Å²) in [4.78, 5) is 25.3. The van der Waals surface area contributed by atoms with Crippen molar-refractivity contribution in [2.24, 2.45) is 0 Å². The third kappa shape index (κ3) is 4.67. The predicted molar refractivity (Wildman–Crippen MR) is 124 cm³/mol. The fourth-order valence-corrected chi connectivity index (χ4v) is 3.82. The van der Waals surface area contributed by atoms with Crippen molar-refractivity contribution in [2.45, 2.75) is 26.2 Å². The van der Waals surface area contributed by atoms with Gasteiger partial charge in [0.25, 0.3) is 0 Å². The number of nitrogens with zero attached hydrogens (tertiary/aromatic N) is 3. The fourth-order valence-electron chi connectivity index (χ4n) is 3.82. The number of hydrogen-bond donors (Lipinski definition) is 0. The van der Waals surface area contributed by atoms with Crippen LogP contribution in [-0.4, -0.2) is 35.1 Å². The van der Waals surface area contributed by atoms with Gasteiger partial charge in [-0.2, -0.15) is 0 Å². The van der Waals surface area contributed by atoms with Crippen LogP contribution in [0.5, 0.6) is 5.75 Å². The Kier molecular flexibility index (Phi) is 6.31. The molecular weight excluding hydrogens is 421 g/mol. The number of ether oxygens (including phenoxy) is 2. The van der Waals surface area contributed by atoms with Crippen LogP contribution in [0.3, 0.4) is 0 Å². The second-order valence-electron chi connectivity index (χ2n) is 7.91. The monoisotopic (exact) mass is 445 g/mol. The number of benzene rings is 2. The van der Waals surface area contributed by atoms with E-state index in [0.29, 0.717) is 22.4 Å². The van der Waals surface area contributed by atoms with E-state index >= 15 is 0 Å². The highest BCUT2D eigenvalue weighted by Gasteiger charge is 2.18. The Labute approximate surface area is 191 Å². The van der Waals surface area contributed by atoms with Gasteiger partial charge < -0.3 is 9.47 Å². The molecule has 1 unspecified atom stereocenters. The molecule has 0 aliphatic heterocycles. The molecule has 168 valence electrons. The zero-order valence-electron chi connectivity index (χ0n) is 18.9. The minimum atomic E-state index is -0.581. The maximum Gasteiger partial charge on any atom is 0.356 e. The van der Waals surface area contributed by atoms with Gasteiger partial charge in [-0.1, -0.05) is 19.1 Å². The summed E-state index contributed by atoms with van der Waals surface area (Å²) in [7, 11) is 2.78. The van der Waals surface area contributed by atoms with Gasteiger partial charge in [-0.3, -0.25) is 0 Å². The van der Waals surface area contributed by atoms with Crippen molar-refractivity contribution >= 4 is 16.9 Å². The van der Waals surface area contributed by atoms with Crippen molar-refractivity contribution in [1.29, 1.82) is 0 Å². The van der Waals surface area contributed by atoms with Crippen LogP contribution >= 0.6 is 0 Å². The predicted octanol–water partition coefficient (Wildman–Crippen LogP) is 5.28. The number of hydrogen-bond acceptors (Lipinski definition) is 6. The average molecular weight is 445 g/mol. The highest BCUT2D eigenvalue weighted by molar-refractivity contribution is 6.00. The van der Waals surface area contributed by atoms with Crippen molar-refractivity contribution in [3.63, 3.8) is 0 Å². The number of aromatic nitrogens is 3. The van der Waals surface area contributed by atoms with Crippen LogP contribution in [0, 0.1) is 12.7 Å². The van der Waals surface area contributed by atoms with Crippen molar-refractivity contribution in [2.75, 3.05) is 14.2 Å². The lowest BCUT2D eigenvalue weighted by Gasteiger charge is -2.15. The molecule has 0 spiro atoms. The quantitative estimate of drug-likeness (QED) is 0.376. The molecule has 33 heavy (non-hydrogen) atoms. The zero-order chi connectivity index (χ0) is 23.5. The van der Waals surface area contributed by atoms with E-state index in [1.165, 1.54) is 20.3 Å². The Morgan fingerprint density at radius 2 is 1.79 bits per heavy atom. The second-order valence-corrected chi connectivity index (χ2v) is 7.91. The van der Waals surface area contributed by atoms with E-state index in [1.54, 1.807) is 18.2 Å². The number of aryl methyl sites for hydroxylation is 1. The molecule has 0 N–H and O–H groups in total. The first-order valence-corrected chi connectivity index (χ1v) is 10.5. The van der Waals surface area contributed by atoms with Crippen LogP contribution in [0.15, 0.2) is 54.9 Å². The first kappa shape index (κ1) is 22.3. The minimum Gasteiger partial charge on any atom is -0.497 e. The van der Waals surface area contributed by atoms with Crippen molar-refractivity contribution in [1.82, 2.24) is 15.0 Å². The number of carbonyl (C=O) groups excluding carboxylic acids is 1. The first-order valence-electron chi connectivity index (χ1n) is 10.5. The molecule has 0 fully saturated rings. The van der Waals surface area contributed by atoms with Crippen molar-refractivity contribution in [3.8, 4) is 16.9 Å². The number of fused-ring (bicyclic) bond motifs is 1. The molecule has 6 nitrogen and oxygen atoms in total. The number of carbonyl (C=O) groups is 1. The number of methoxy groups -OCH3 is 2. The van der Waals surface area contributed by atoms with Gasteiger partial charge in [-0.25, -0.2) is 24.1 Å². The molecule has 2 heterocycles. The molecule has 4 aromatic rings. The van der Waals surface area contributed by atoms with E-state index in [4.69, 9.17) is 9.47 Å². The lowest BCUT2D eigenvalue weighted by atomic mass is 9.92. The molecule has 0 aliphatic rings. The smallest absolute Gasteiger partial charge is 0.356 e. The third-order valence-electron chi connectivity index (χ3n) is 5.64. The van der Waals surface area contributed by atoms with Gasteiger partial charge in [-0.05, 0) is 60.2 Å². The van der Waals surface area contributed by atoms with E-state index in [-0.39, 0.29) is 11.6 Å². The lowest BCUT2D eigenvalue weighted by Crippen LogP contribution is -2.06. The third-order valence-corrected chi connectivity index (χ3v) is 5.64. The van der Waals surface area contributed by atoms with E-state index in [2.05, 4.69) is 21.9 Å². The SMILES string of the molecule is COC(=O)c1cc(-c2ccc(OC)cc2F)c2ccc(C(C)Cc3cnc(C)nc3)cc2n1. The zero-order valence-corrected chi connectivity index (χ0v) is 18.9. The maximum atomic E-state index is 14.9. The number of pyridine rings is 1. The topological polar surface area (TPSA) is 74.2 Å². The Bertz CT molecular complexity index is 1320. The van der Waals surface area contributed by atoms with E-state index in [0.717, 1.165) is 28.8 Å². The van der Waals surface area contributed by atoms with Gasteiger partial charge in [0, 0.05) is 29.4 Å². The Morgan fingerprint density at radius 1 is 1.03 bits per heavy atom. The van der Waals surface area contributed by atoms with Gasteiger partial charge >= 0.3 is 5.97 Å². The van der Waals surface area contributed by atoms with Gasteiger partial charge in [0.1, 0.15) is 23.1 Å². The number of esters is 1. The van der Waals surface area contributed by atoms with Crippen LogP contribution in [0.25, 0.3) is 22.0 Å². The summed E-state index contributed by atoms with van der Waals surface area (Å²) in [6.45, 7) is 3.96. The van der Waals surface area contributed by atoms with Gasteiger partial charge in [0.15, 0.2) is 0 Å². The molecule has 0 saturated heterocycles. The summed E-state index contributed by atoms with van der Waals surface area (Å²) >= 11 is 0. The molecule has 0 amide bonds. The van der Waals surface area contributed by atoms with Crippen LogP contribution < -0.4 is 4.74 Å². The maximum absolute atomic E-state index is 14.9. The molecule has 0 radical (unpaired) electrons. The van der Waals surface area contributed by atoms with Crippen molar-refractivity contribution in [3.05, 3.63) is 83.3 Å². The lowest BCUT2D eigenvalue weighted by molar-refractivity contribution is 0.0594. The van der Waals surface area contributed by atoms with Gasteiger partial charge in [0.2, 0.25) is 0 Å². The molecule has 4 rings (SSSR count). The summed E-state index contributed by atoms with van der Waals surface area (Å²) in [5, 5.41) is 0.737. The number of rotatable bonds is 6. The fraction of sp³-hybridized carbons (Fsp3) is 0.231. The van der Waals surface area contributed by atoms with Crippen LogP contribution in [-0.2, 0) is 11.2 Å². The van der Waals surface area contributed by atoms with E-state index in [9.17, 15) is 9.18 Å². The van der Waals surface area contributed by atoms with Crippen LogP contribution in [0.2, 0.25) is 0 Å².